The molecule has 1 amide bonds. The van der Waals surface area contributed by atoms with Crippen LogP contribution in [0.5, 0.6) is 0 Å². The summed E-state index contributed by atoms with van der Waals surface area (Å²) < 4.78 is 0. The fraction of sp³-hybridized carbons (Fsp3) is 0.364. The highest BCUT2D eigenvalue weighted by atomic mass is 32.2. The zero-order valence-corrected chi connectivity index (χ0v) is 17.0. The predicted molar refractivity (Wildman–Crippen MR) is 113 cm³/mol. The van der Waals surface area contributed by atoms with Crippen molar-refractivity contribution < 1.29 is 4.79 Å². The van der Waals surface area contributed by atoms with Crippen molar-refractivity contribution in [1.82, 2.24) is 5.32 Å². The monoisotopic (exact) mass is 381 g/mol. The van der Waals surface area contributed by atoms with Gasteiger partial charge < -0.3 is 10.6 Å². The molecule has 2 aromatic rings. The van der Waals surface area contributed by atoms with E-state index in [0.29, 0.717) is 11.7 Å². The van der Waals surface area contributed by atoms with Crippen molar-refractivity contribution in [1.29, 1.82) is 5.26 Å². The Kier molecular flexibility index (Phi) is 8.38. The third-order valence-electron chi connectivity index (χ3n) is 4.35. The van der Waals surface area contributed by atoms with Gasteiger partial charge in [-0.3, -0.25) is 4.79 Å². The van der Waals surface area contributed by atoms with Crippen molar-refractivity contribution in [3.8, 4) is 6.07 Å². The molecular weight excluding hydrogens is 354 g/mol. The van der Waals surface area contributed by atoms with Crippen molar-refractivity contribution in [2.75, 3.05) is 17.6 Å². The summed E-state index contributed by atoms with van der Waals surface area (Å²) in [6.45, 7) is 6.67. The number of nitrogens with one attached hydrogen (secondary N) is 2. The number of nitriles is 1. The van der Waals surface area contributed by atoms with Crippen LogP contribution in [-0.4, -0.2) is 18.2 Å². The van der Waals surface area contributed by atoms with Gasteiger partial charge in [-0.05, 0) is 35.6 Å². The van der Waals surface area contributed by atoms with Gasteiger partial charge in [0.15, 0.2) is 0 Å². The molecule has 142 valence electrons. The topological polar surface area (TPSA) is 64.9 Å². The average Bonchev–Trinajstić information content (AvgIpc) is 2.67. The van der Waals surface area contributed by atoms with E-state index >= 15 is 0 Å². The summed E-state index contributed by atoms with van der Waals surface area (Å²) in [6.07, 6.45) is 1.02. The number of hydrogen-bond donors (Lipinski definition) is 2. The fourth-order valence-electron chi connectivity index (χ4n) is 2.90. The van der Waals surface area contributed by atoms with Crippen molar-refractivity contribution in [3.63, 3.8) is 0 Å². The highest BCUT2D eigenvalue weighted by Crippen LogP contribution is 2.26. The van der Waals surface area contributed by atoms with Crippen LogP contribution < -0.4 is 10.6 Å². The molecule has 0 aromatic heterocycles. The van der Waals surface area contributed by atoms with Crippen LogP contribution in [0.15, 0.2) is 53.4 Å². The number of amides is 1. The van der Waals surface area contributed by atoms with E-state index in [2.05, 4.69) is 61.7 Å². The largest absolute Gasteiger partial charge is 0.324 e. The molecule has 0 aliphatic carbocycles. The van der Waals surface area contributed by atoms with Gasteiger partial charge in [0.2, 0.25) is 5.91 Å². The van der Waals surface area contributed by atoms with E-state index in [1.807, 2.05) is 24.3 Å². The van der Waals surface area contributed by atoms with E-state index in [4.69, 9.17) is 5.26 Å². The molecular formula is C22H27N3OS. The third-order valence-corrected chi connectivity index (χ3v) is 5.29. The second-order valence-electron chi connectivity index (χ2n) is 6.69. The molecule has 0 aliphatic heterocycles. The van der Waals surface area contributed by atoms with Gasteiger partial charge in [-0.2, -0.15) is 5.26 Å². The standard InChI is InChI=1S/C22H27N3OS/c1-4-17-9-11-18(12-10-17)22(16(2)3)24-15-21(26)25-19-7-5-6-8-20(19)27-14-13-23/h5-12,16,22,24H,4,14-15H2,1-3H3,(H,25,26)/t22-/m1/s1. The Balaban J connectivity index is 1.99. The lowest BCUT2D eigenvalue weighted by Gasteiger charge is -2.23. The Morgan fingerprint density at radius 3 is 2.48 bits per heavy atom. The number of benzene rings is 2. The van der Waals surface area contributed by atoms with Gasteiger partial charge in [-0.15, -0.1) is 11.8 Å². The van der Waals surface area contributed by atoms with Gasteiger partial charge in [0, 0.05) is 10.9 Å². The van der Waals surface area contributed by atoms with E-state index in [9.17, 15) is 4.79 Å². The molecule has 27 heavy (non-hydrogen) atoms. The van der Waals surface area contributed by atoms with Crippen molar-refractivity contribution in [2.45, 2.75) is 38.1 Å². The first-order chi connectivity index (χ1) is 13.0. The minimum absolute atomic E-state index is 0.0872. The fourth-order valence-corrected chi connectivity index (χ4v) is 3.57. The number of carbonyl (C=O) groups excluding carboxylic acids is 1. The number of nitrogens with zero attached hydrogens (tertiary/aromatic N) is 1. The molecule has 2 N–H and O–H groups in total. The van der Waals surface area contributed by atoms with Gasteiger partial charge in [0.05, 0.1) is 24.1 Å². The van der Waals surface area contributed by atoms with Crippen LogP contribution >= 0.6 is 11.8 Å². The van der Waals surface area contributed by atoms with Gasteiger partial charge in [0.25, 0.3) is 0 Å². The molecule has 0 heterocycles. The van der Waals surface area contributed by atoms with Crippen LogP contribution in [0.3, 0.4) is 0 Å². The highest BCUT2D eigenvalue weighted by Gasteiger charge is 2.17. The van der Waals surface area contributed by atoms with Crippen LogP contribution in [0.4, 0.5) is 5.69 Å². The Hall–Kier alpha value is -2.29. The second-order valence-corrected chi connectivity index (χ2v) is 7.71. The number of aryl methyl sites for hydroxylation is 1. The minimum atomic E-state index is -0.0872. The van der Waals surface area contributed by atoms with Gasteiger partial charge in [0.1, 0.15) is 0 Å². The maximum Gasteiger partial charge on any atom is 0.238 e. The molecule has 5 heteroatoms. The first-order valence-electron chi connectivity index (χ1n) is 9.26. The summed E-state index contributed by atoms with van der Waals surface area (Å²) in [7, 11) is 0. The SMILES string of the molecule is CCc1ccc([C@H](NCC(=O)Nc2ccccc2SCC#N)C(C)C)cc1. The van der Waals surface area contributed by atoms with Crippen LogP contribution in [0.25, 0.3) is 0 Å². The summed E-state index contributed by atoms with van der Waals surface area (Å²) in [5.41, 5.74) is 3.25. The summed E-state index contributed by atoms with van der Waals surface area (Å²) in [5, 5.41) is 15.1. The number of rotatable bonds is 9. The average molecular weight is 382 g/mol. The van der Waals surface area contributed by atoms with Crippen molar-refractivity contribution >= 4 is 23.4 Å². The molecule has 0 saturated carbocycles. The number of anilines is 1. The quantitative estimate of drug-likeness (QED) is 0.613. The Labute approximate surface area is 166 Å². The zero-order valence-electron chi connectivity index (χ0n) is 16.2. The van der Waals surface area contributed by atoms with E-state index in [1.165, 1.54) is 22.9 Å². The molecule has 0 radical (unpaired) electrons. The van der Waals surface area contributed by atoms with E-state index < -0.39 is 0 Å². The summed E-state index contributed by atoms with van der Waals surface area (Å²) >= 11 is 1.42. The lowest BCUT2D eigenvalue weighted by molar-refractivity contribution is -0.115. The maximum atomic E-state index is 12.4. The summed E-state index contributed by atoms with van der Waals surface area (Å²) in [6, 6.07) is 18.4. The van der Waals surface area contributed by atoms with Gasteiger partial charge in [-0.1, -0.05) is 57.2 Å². The van der Waals surface area contributed by atoms with E-state index in [0.717, 1.165) is 17.0 Å². The van der Waals surface area contributed by atoms with Crippen LogP contribution in [0.1, 0.15) is 37.9 Å². The first-order valence-corrected chi connectivity index (χ1v) is 10.2. The van der Waals surface area contributed by atoms with Gasteiger partial charge in [-0.25, -0.2) is 0 Å². The van der Waals surface area contributed by atoms with Crippen LogP contribution in [-0.2, 0) is 11.2 Å². The normalized spacial score (nSPS) is 11.8. The lowest BCUT2D eigenvalue weighted by Crippen LogP contribution is -2.33. The van der Waals surface area contributed by atoms with Crippen LogP contribution in [0, 0.1) is 17.2 Å². The van der Waals surface area contributed by atoms with Crippen molar-refractivity contribution in [3.05, 3.63) is 59.7 Å². The van der Waals surface area contributed by atoms with E-state index in [-0.39, 0.29) is 18.5 Å². The Bertz CT molecular complexity index is 781. The number of hydrogen-bond acceptors (Lipinski definition) is 4. The van der Waals surface area contributed by atoms with Gasteiger partial charge >= 0.3 is 0 Å². The van der Waals surface area contributed by atoms with E-state index in [1.54, 1.807) is 0 Å². The lowest BCUT2D eigenvalue weighted by atomic mass is 9.95. The number of carbonyl (C=O) groups is 1. The molecule has 0 saturated heterocycles. The van der Waals surface area contributed by atoms with Crippen molar-refractivity contribution in [2.24, 2.45) is 5.92 Å². The summed E-state index contributed by atoms with van der Waals surface area (Å²) in [4.78, 5) is 13.4. The number of para-hydroxylation sites is 1. The molecule has 2 rings (SSSR count). The van der Waals surface area contributed by atoms with Crippen LogP contribution in [0.2, 0.25) is 0 Å². The smallest absolute Gasteiger partial charge is 0.238 e. The first kappa shape index (κ1) is 21.0. The molecule has 4 nitrogen and oxygen atoms in total. The maximum absolute atomic E-state index is 12.4. The summed E-state index contributed by atoms with van der Waals surface area (Å²) in [5.74, 6) is 0.633. The minimum Gasteiger partial charge on any atom is -0.324 e. The molecule has 2 aromatic carbocycles. The number of thioether (sulfide) groups is 1. The molecule has 0 fully saturated rings. The molecule has 0 unspecified atom stereocenters. The highest BCUT2D eigenvalue weighted by molar-refractivity contribution is 7.99. The Morgan fingerprint density at radius 2 is 1.85 bits per heavy atom. The zero-order chi connectivity index (χ0) is 19.6. The molecule has 1 atom stereocenters. The predicted octanol–water partition coefficient (Wildman–Crippen LogP) is 4.79. The second kappa shape index (κ2) is 10.8. The molecule has 0 aliphatic rings. The molecule has 0 spiro atoms. The molecule has 0 bridgehead atoms. The Morgan fingerprint density at radius 1 is 1.15 bits per heavy atom. The third kappa shape index (κ3) is 6.42.